The van der Waals surface area contributed by atoms with Gasteiger partial charge in [0.25, 0.3) is 0 Å². The van der Waals surface area contributed by atoms with Crippen LogP contribution >= 0.6 is 0 Å². The number of ether oxygens (including phenoxy) is 1. The van der Waals surface area contributed by atoms with Gasteiger partial charge in [-0.15, -0.1) is 13.2 Å². The average molecular weight is 515 g/mol. The van der Waals surface area contributed by atoms with E-state index in [1.165, 1.54) is 0 Å². The summed E-state index contributed by atoms with van der Waals surface area (Å²) in [4.78, 5) is 62.1. The van der Waals surface area contributed by atoms with Gasteiger partial charge < -0.3 is 21.3 Å². The topological polar surface area (TPSA) is 143 Å². The fourth-order valence-corrected chi connectivity index (χ4v) is 3.59. The lowest BCUT2D eigenvalue weighted by Crippen LogP contribution is -2.54. The number of nitrogens with one attached hydrogen (secondary N) is 4. The highest BCUT2D eigenvalue weighted by Crippen LogP contribution is 2.20. The quantitative estimate of drug-likeness (QED) is 0.328. The van der Waals surface area contributed by atoms with Crippen LogP contribution in [0.1, 0.15) is 33.1 Å². The number of carbonyl (C=O) groups is 5. The Morgan fingerprint density at radius 1 is 1.06 bits per heavy atom. The molecule has 36 heavy (non-hydrogen) atoms. The molecule has 1 aliphatic rings. The van der Waals surface area contributed by atoms with Gasteiger partial charge in [-0.2, -0.15) is 0 Å². The van der Waals surface area contributed by atoms with Crippen LogP contribution in [0.2, 0.25) is 0 Å². The van der Waals surface area contributed by atoms with E-state index in [2.05, 4.69) is 26.0 Å². The lowest BCUT2D eigenvalue weighted by molar-refractivity contribution is -0.321. The minimum atomic E-state index is -5.06. The van der Waals surface area contributed by atoms with Crippen LogP contribution in [-0.2, 0) is 28.7 Å². The maximum atomic E-state index is 13.0. The maximum Gasteiger partial charge on any atom is 0.522 e. The standard InChI is InChI=1S/C23H29F3N4O6/c1-13(2)10-17(30-22(35)21(34)28-15-6-4-3-5-7-15)20(33)29-16(11-14-8-9-27-19(14)32)18(31)12-36-23(24,25)26/h3-7,13-14,16-17H,8-12H2,1-2H3,(H,27,32)(H,28,34)(H,29,33)(H,30,35)/t14-,16-,17-/m0/s1. The largest absolute Gasteiger partial charge is 0.522 e. The summed E-state index contributed by atoms with van der Waals surface area (Å²) in [6, 6.07) is 5.38. The molecule has 0 aromatic heterocycles. The lowest BCUT2D eigenvalue weighted by Gasteiger charge is -2.25. The van der Waals surface area contributed by atoms with Gasteiger partial charge in [0.1, 0.15) is 12.6 Å². The molecule has 4 amide bonds. The molecule has 1 aromatic rings. The van der Waals surface area contributed by atoms with Gasteiger partial charge in [0.15, 0.2) is 5.78 Å². The summed E-state index contributed by atoms with van der Waals surface area (Å²) in [7, 11) is 0. The number of rotatable bonds is 11. The highest BCUT2D eigenvalue weighted by molar-refractivity contribution is 6.40. The first kappa shape index (κ1) is 28.8. The number of carbonyl (C=O) groups excluding carboxylic acids is 5. The van der Waals surface area contributed by atoms with E-state index in [1.54, 1.807) is 44.2 Å². The molecule has 0 bridgehead atoms. The van der Waals surface area contributed by atoms with E-state index in [-0.39, 0.29) is 24.7 Å². The summed E-state index contributed by atoms with van der Waals surface area (Å²) in [5, 5.41) is 9.58. The molecule has 1 fully saturated rings. The molecule has 0 radical (unpaired) electrons. The Bertz CT molecular complexity index is 955. The smallest absolute Gasteiger partial charge is 0.356 e. The SMILES string of the molecule is CC(C)C[C@H](NC(=O)C(=O)Nc1ccccc1)C(=O)N[C@@H](C[C@@H]1CCNC1=O)C(=O)COC(F)(F)F. The molecule has 1 saturated heterocycles. The number of ketones is 1. The van der Waals surface area contributed by atoms with Crippen molar-refractivity contribution in [1.82, 2.24) is 16.0 Å². The Balaban J connectivity index is 2.11. The van der Waals surface area contributed by atoms with Gasteiger partial charge in [0.2, 0.25) is 11.8 Å². The Kier molecular flexibility index (Phi) is 10.4. The number of alkyl halides is 3. The number of amides is 4. The molecule has 4 N–H and O–H groups in total. The fourth-order valence-electron chi connectivity index (χ4n) is 3.59. The van der Waals surface area contributed by atoms with Crippen LogP contribution in [0.4, 0.5) is 18.9 Å². The molecule has 0 saturated carbocycles. The molecular weight excluding hydrogens is 485 g/mol. The molecule has 3 atom stereocenters. The first-order chi connectivity index (χ1) is 16.9. The molecule has 198 valence electrons. The number of benzene rings is 1. The van der Waals surface area contributed by atoms with E-state index in [1.807, 2.05) is 0 Å². The average Bonchev–Trinajstić information content (AvgIpc) is 3.20. The predicted molar refractivity (Wildman–Crippen MR) is 121 cm³/mol. The van der Waals surface area contributed by atoms with Crippen LogP contribution in [0, 0.1) is 11.8 Å². The van der Waals surface area contributed by atoms with Crippen molar-refractivity contribution in [2.24, 2.45) is 11.8 Å². The molecule has 0 aliphatic carbocycles. The van der Waals surface area contributed by atoms with Crippen molar-refractivity contribution < 1.29 is 41.9 Å². The summed E-state index contributed by atoms with van der Waals surface area (Å²) in [5.41, 5.74) is 0.354. The van der Waals surface area contributed by atoms with E-state index in [4.69, 9.17) is 0 Å². The van der Waals surface area contributed by atoms with E-state index in [0.717, 1.165) is 0 Å². The number of hydrogen-bond donors (Lipinski definition) is 4. The molecule has 13 heteroatoms. The minimum Gasteiger partial charge on any atom is -0.356 e. The lowest BCUT2D eigenvalue weighted by atomic mass is 9.95. The Morgan fingerprint density at radius 2 is 1.72 bits per heavy atom. The zero-order valence-electron chi connectivity index (χ0n) is 19.8. The molecule has 10 nitrogen and oxygen atoms in total. The molecule has 1 heterocycles. The van der Waals surface area contributed by atoms with Crippen molar-refractivity contribution in [3.63, 3.8) is 0 Å². The third-order valence-electron chi connectivity index (χ3n) is 5.33. The van der Waals surface area contributed by atoms with Gasteiger partial charge >= 0.3 is 18.2 Å². The Labute approximate surface area is 205 Å². The Morgan fingerprint density at radius 3 is 2.28 bits per heavy atom. The number of para-hydroxylation sites is 1. The van der Waals surface area contributed by atoms with Crippen molar-refractivity contribution in [2.45, 2.75) is 51.6 Å². The number of hydrogen-bond acceptors (Lipinski definition) is 6. The fraction of sp³-hybridized carbons (Fsp3) is 0.522. The second-order valence-electron chi connectivity index (χ2n) is 8.75. The normalized spacial score (nSPS) is 17.2. The van der Waals surface area contributed by atoms with Crippen molar-refractivity contribution >= 4 is 35.1 Å². The van der Waals surface area contributed by atoms with Gasteiger partial charge in [-0.3, -0.25) is 28.7 Å². The maximum absolute atomic E-state index is 13.0. The van der Waals surface area contributed by atoms with Crippen molar-refractivity contribution in [2.75, 3.05) is 18.5 Å². The molecule has 1 aliphatic heterocycles. The van der Waals surface area contributed by atoms with Crippen LogP contribution in [0.3, 0.4) is 0 Å². The first-order valence-corrected chi connectivity index (χ1v) is 11.3. The third-order valence-corrected chi connectivity index (χ3v) is 5.33. The van der Waals surface area contributed by atoms with E-state index >= 15 is 0 Å². The summed E-state index contributed by atoms with van der Waals surface area (Å²) in [5.74, 6) is -5.33. The monoisotopic (exact) mass is 514 g/mol. The van der Waals surface area contributed by atoms with Gasteiger partial charge in [-0.05, 0) is 37.3 Å². The zero-order valence-corrected chi connectivity index (χ0v) is 19.8. The number of halogens is 3. The zero-order chi connectivity index (χ0) is 26.9. The van der Waals surface area contributed by atoms with Gasteiger partial charge in [-0.25, -0.2) is 0 Å². The molecule has 2 rings (SSSR count). The second kappa shape index (κ2) is 13.0. The van der Waals surface area contributed by atoms with Crippen LogP contribution in [0.25, 0.3) is 0 Å². The highest BCUT2D eigenvalue weighted by Gasteiger charge is 2.36. The van der Waals surface area contributed by atoms with Crippen molar-refractivity contribution in [1.29, 1.82) is 0 Å². The molecule has 0 spiro atoms. The van der Waals surface area contributed by atoms with E-state index in [9.17, 15) is 37.1 Å². The molecule has 0 unspecified atom stereocenters. The highest BCUT2D eigenvalue weighted by atomic mass is 19.4. The minimum absolute atomic E-state index is 0.0695. The Hall–Kier alpha value is -3.48. The summed E-state index contributed by atoms with van der Waals surface area (Å²) in [6.45, 7) is 2.47. The van der Waals surface area contributed by atoms with Crippen molar-refractivity contribution in [3.8, 4) is 0 Å². The summed E-state index contributed by atoms with van der Waals surface area (Å²) >= 11 is 0. The van der Waals surface area contributed by atoms with Crippen LogP contribution in [0.15, 0.2) is 30.3 Å². The number of Topliss-reactive ketones (excluding diaryl/α,β-unsaturated/α-hetero) is 1. The third kappa shape index (κ3) is 9.64. The van der Waals surface area contributed by atoms with E-state index in [0.29, 0.717) is 18.7 Å². The van der Waals surface area contributed by atoms with Crippen LogP contribution < -0.4 is 21.3 Å². The number of anilines is 1. The van der Waals surface area contributed by atoms with Crippen LogP contribution in [-0.4, -0.2) is 61.0 Å². The predicted octanol–water partition coefficient (Wildman–Crippen LogP) is 1.27. The van der Waals surface area contributed by atoms with Gasteiger partial charge in [-0.1, -0.05) is 32.0 Å². The summed E-state index contributed by atoms with van der Waals surface area (Å²) < 4.78 is 40.9. The summed E-state index contributed by atoms with van der Waals surface area (Å²) in [6.07, 6.45) is -4.89. The molecule has 1 aromatic carbocycles. The van der Waals surface area contributed by atoms with E-state index < -0.39 is 54.5 Å². The van der Waals surface area contributed by atoms with Crippen LogP contribution in [0.5, 0.6) is 0 Å². The molecular formula is C23H29F3N4O6. The van der Waals surface area contributed by atoms with Gasteiger partial charge in [0, 0.05) is 18.2 Å². The van der Waals surface area contributed by atoms with Crippen molar-refractivity contribution in [3.05, 3.63) is 30.3 Å². The van der Waals surface area contributed by atoms with Gasteiger partial charge in [0.05, 0.1) is 6.04 Å². The first-order valence-electron chi connectivity index (χ1n) is 11.3. The second-order valence-corrected chi connectivity index (χ2v) is 8.75.